The van der Waals surface area contributed by atoms with Crippen LogP contribution in [0.2, 0.25) is 5.02 Å². The van der Waals surface area contributed by atoms with Crippen molar-refractivity contribution in [1.82, 2.24) is 10.2 Å². The van der Waals surface area contributed by atoms with Gasteiger partial charge >= 0.3 is 0 Å². The summed E-state index contributed by atoms with van der Waals surface area (Å²) in [7, 11) is 1.47. The van der Waals surface area contributed by atoms with Crippen LogP contribution in [0.25, 0.3) is 0 Å². The molecule has 1 rings (SSSR count). The first-order valence-electron chi connectivity index (χ1n) is 7.58. The highest BCUT2D eigenvalue weighted by molar-refractivity contribution is 6.34. The lowest BCUT2D eigenvalue weighted by Crippen LogP contribution is -2.34. The van der Waals surface area contributed by atoms with Gasteiger partial charge in [-0.1, -0.05) is 25.4 Å². The highest BCUT2D eigenvalue weighted by Crippen LogP contribution is 2.30. The predicted molar refractivity (Wildman–Crippen MR) is 99.7 cm³/mol. The molecule has 6 nitrogen and oxygen atoms in total. The summed E-state index contributed by atoms with van der Waals surface area (Å²) < 4.78 is 5.23. The van der Waals surface area contributed by atoms with Gasteiger partial charge in [-0.05, 0) is 19.2 Å². The number of amides is 2. The number of carbonyl (C=O) groups is 2. The number of ether oxygens (including phenoxy) is 1. The van der Waals surface area contributed by atoms with Crippen molar-refractivity contribution in [2.45, 2.75) is 20.8 Å². The van der Waals surface area contributed by atoms with E-state index in [9.17, 15) is 9.59 Å². The van der Waals surface area contributed by atoms with Crippen molar-refractivity contribution in [3.05, 3.63) is 22.7 Å². The largest absolute Gasteiger partial charge is 0.496 e. The quantitative estimate of drug-likeness (QED) is 0.730. The molecule has 136 valence electrons. The van der Waals surface area contributed by atoms with Gasteiger partial charge in [0.15, 0.2) is 0 Å². The van der Waals surface area contributed by atoms with Crippen molar-refractivity contribution >= 4 is 41.5 Å². The zero-order valence-electron chi connectivity index (χ0n) is 14.4. The molecule has 0 saturated carbocycles. The number of methoxy groups -OCH3 is 1. The molecule has 0 radical (unpaired) electrons. The number of nitrogens with one attached hydrogen (secondary N) is 2. The van der Waals surface area contributed by atoms with Gasteiger partial charge in [0.2, 0.25) is 5.91 Å². The first-order valence-corrected chi connectivity index (χ1v) is 7.96. The molecule has 0 aliphatic heterocycles. The van der Waals surface area contributed by atoms with E-state index in [-0.39, 0.29) is 29.2 Å². The second-order valence-corrected chi connectivity index (χ2v) is 5.40. The Hall–Kier alpha value is -1.50. The number of hydrogen-bond acceptors (Lipinski definition) is 4. The molecule has 0 saturated heterocycles. The SMILES string of the molecule is CCN(CC)CCNC(=O)c1cc(Cl)c(NC(C)=O)cc1OC.Cl. The molecule has 0 atom stereocenters. The maximum atomic E-state index is 12.3. The Kier molecular flexibility index (Phi) is 10.4. The third-order valence-electron chi connectivity index (χ3n) is 3.45. The van der Waals surface area contributed by atoms with Crippen LogP contribution in [0.5, 0.6) is 5.75 Å². The fourth-order valence-electron chi connectivity index (χ4n) is 2.15. The number of likely N-dealkylation sites (N-methyl/N-ethyl adjacent to an activating group) is 1. The van der Waals surface area contributed by atoms with Crippen LogP contribution >= 0.6 is 24.0 Å². The molecule has 0 fully saturated rings. The zero-order valence-corrected chi connectivity index (χ0v) is 16.0. The Morgan fingerprint density at radius 2 is 1.88 bits per heavy atom. The molecule has 1 aromatic carbocycles. The molecule has 0 heterocycles. The number of halogens is 2. The van der Waals surface area contributed by atoms with Gasteiger partial charge in [-0.3, -0.25) is 9.59 Å². The standard InChI is InChI=1S/C16H24ClN3O3.ClH/c1-5-20(6-2)8-7-18-16(22)12-9-13(17)14(19-11(3)21)10-15(12)23-4;/h9-10H,5-8H2,1-4H3,(H,18,22)(H,19,21);1H. The van der Waals surface area contributed by atoms with E-state index in [0.29, 0.717) is 23.5 Å². The highest BCUT2D eigenvalue weighted by atomic mass is 35.5. The van der Waals surface area contributed by atoms with Crippen molar-refractivity contribution in [3.63, 3.8) is 0 Å². The molecule has 0 unspecified atom stereocenters. The molecular formula is C16H25Cl2N3O3. The van der Waals surface area contributed by atoms with Gasteiger partial charge in [-0.25, -0.2) is 0 Å². The van der Waals surface area contributed by atoms with Gasteiger partial charge in [0.25, 0.3) is 5.91 Å². The van der Waals surface area contributed by atoms with E-state index in [1.807, 2.05) is 0 Å². The molecule has 2 N–H and O–H groups in total. The van der Waals surface area contributed by atoms with Crippen LogP contribution in [0.1, 0.15) is 31.1 Å². The number of hydrogen-bond donors (Lipinski definition) is 2. The summed E-state index contributed by atoms with van der Waals surface area (Å²) in [4.78, 5) is 25.7. The lowest BCUT2D eigenvalue weighted by molar-refractivity contribution is -0.114. The van der Waals surface area contributed by atoms with Crippen molar-refractivity contribution < 1.29 is 14.3 Å². The van der Waals surface area contributed by atoms with Gasteiger partial charge in [-0.2, -0.15) is 0 Å². The van der Waals surface area contributed by atoms with Gasteiger partial charge < -0.3 is 20.3 Å². The summed E-state index contributed by atoms with van der Waals surface area (Å²) in [5, 5.41) is 5.74. The summed E-state index contributed by atoms with van der Waals surface area (Å²) in [5.74, 6) is -0.144. The minimum atomic E-state index is -0.259. The number of carbonyl (C=O) groups excluding carboxylic acids is 2. The minimum Gasteiger partial charge on any atom is -0.496 e. The summed E-state index contributed by atoms with van der Waals surface area (Å²) in [6, 6.07) is 3.04. The Labute approximate surface area is 154 Å². The molecular weight excluding hydrogens is 353 g/mol. The van der Waals surface area contributed by atoms with Gasteiger partial charge in [-0.15, -0.1) is 12.4 Å². The summed E-state index contributed by atoms with van der Waals surface area (Å²) in [5.41, 5.74) is 0.752. The molecule has 1 aromatic rings. The Morgan fingerprint density at radius 1 is 1.25 bits per heavy atom. The Balaban J connectivity index is 0.00000529. The molecule has 8 heteroatoms. The van der Waals surface area contributed by atoms with Crippen molar-refractivity contribution in [1.29, 1.82) is 0 Å². The average molecular weight is 378 g/mol. The van der Waals surface area contributed by atoms with Crippen LogP contribution in [0.4, 0.5) is 5.69 Å². The molecule has 24 heavy (non-hydrogen) atoms. The van der Waals surface area contributed by atoms with E-state index in [0.717, 1.165) is 19.6 Å². The van der Waals surface area contributed by atoms with E-state index in [4.69, 9.17) is 16.3 Å². The molecule has 0 spiro atoms. The number of rotatable bonds is 8. The van der Waals surface area contributed by atoms with E-state index in [1.165, 1.54) is 20.1 Å². The van der Waals surface area contributed by atoms with Crippen LogP contribution in [-0.4, -0.2) is 50.0 Å². The van der Waals surface area contributed by atoms with E-state index < -0.39 is 0 Å². The molecule has 0 aliphatic rings. The predicted octanol–water partition coefficient (Wildman–Crippen LogP) is 2.80. The normalized spacial score (nSPS) is 10.1. The van der Waals surface area contributed by atoms with Crippen molar-refractivity contribution in [2.24, 2.45) is 0 Å². The number of benzene rings is 1. The smallest absolute Gasteiger partial charge is 0.255 e. The lowest BCUT2D eigenvalue weighted by atomic mass is 10.1. The van der Waals surface area contributed by atoms with Crippen LogP contribution < -0.4 is 15.4 Å². The maximum absolute atomic E-state index is 12.3. The van der Waals surface area contributed by atoms with E-state index >= 15 is 0 Å². The summed E-state index contributed by atoms with van der Waals surface area (Å²) >= 11 is 6.12. The third-order valence-corrected chi connectivity index (χ3v) is 3.77. The molecule has 0 aliphatic carbocycles. The molecule has 0 bridgehead atoms. The maximum Gasteiger partial charge on any atom is 0.255 e. The first kappa shape index (κ1) is 22.5. The van der Waals surface area contributed by atoms with Crippen molar-refractivity contribution in [2.75, 3.05) is 38.6 Å². The topological polar surface area (TPSA) is 70.7 Å². The molecule has 0 aromatic heterocycles. The average Bonchev–Trinajstić information content (AvgIpc) is 2.52. The minimum absolute atomic E-state index is 0. The number of nitrogens with zero attached hydrogens (tertiary/aromatic N) is 1. The molecule has 2 amide bonds. The van der Waals surface area contributed by atoms with E-state index in [2.05, 4.69) is 29.4 Å². The first-order chi connectivity index (χ1) is 10.9. The summed E-state index contributed by atoms with van der Waals surface area (Å²) in [6.45, 7) is 8.73. The Morgan fingerprint density at radius 3 is 2.38 bits per heavy atom. The van der Waals surface area contributed by atoms with Gasteiger partial charge in [0, 0.05) is 26.1 Å². The van der Waals surface area contributed by atoms with Crippen LogP contribution in [0.15, 0.2) is 12.1 Å². The zero-order chi connectivity index (χ0) is 17.4. The summed E-state index contributed by atoms with van der Waals surface area (Å²) in [6.07, 6.45) is 0. The second-order valence-electron chi connectivity index (χ2n) is 5.00. The highest BCUT2D eigenvalue weighted by Gasteiger charge is 2.16. The fraction of sp³-hybridized carbons (Fsp3) is 0.500. The monoisotopic (exact) mass is 377 g/mol. The van der Waals surface area contributed by atoms with Crippen LogP contribution in [-0.2, 0) is 4.79 Å². The Bertz CT molecular complexity index is 564. The fourth-order valence-corrected chi connectivity index (χ4v) is 2.36. The van der Waals surface area contributed by atoms with E-state index in [1.54, 1.807) is 6.07 Å². The lowest BCUT2D eigenvalue weighted by Gasteiger charge is -2.18. The van der Waals surface area contributed by atoms with Crippen LogP contribution in [0.3, 0.4) is 0 Å². The third kappa shape index (κ3) is 6.55. The van der Waals surface area contributed by atoms with Crippen LogP contribution in [0, 0.1) is 0 Å². The van der Waals surface area contributed by atoms with Crippen molar-refractivity contribution in [3.8, 4) is 5.75 Å². The second kappa shape index (κ2) is 11.1. The van der Waals surface area contributed by atoms with Gasteiger partial charge in [0.05, 0.1) is 23.4 Å². The van der Waals surface area contributed by atoms with Gasteiger partial charge in [0.1, 0.15) is 5.75 Å². The number of anilines is 1.